The van der Waals surface area contributed by atoms with Crippen molar-refractivity contribution in [2.24, 2.45) is 0 Å². The summed E-state index contributed by atoms with van der Waals surface area (Å²) in [5.74, 6) is 0. The molecule has 0 radical (unpaired) electrons. The monoisotopic (exact) mass is 253 g/mol. The van der Waals surface area contributed by atoms with Gasteiger partial charge in [0.05, 0.1) is 29.7 Å². The molecule has 1 unspecified atom stereocenters. The highest BCUT2D eigenvalue weighted by Gasteiger charge is 2.29. The van der Waals surface area contributed by atoms with Gasteiger partial charge >= 0.3 is 6.18 Å². The first-order chi connectivity index (χ1) is 7.53. The molecule has 7 heteroatoms. The average molecular weight is 253 g/mol. The molecule has 1 aromatic heterocycles. The van der Waals surface area contributed by atoms with Crippen LogP contribution < -0.4 is 5.32 Å². The predicted molar refractivity (Wildman–Crippen MR) is 56.2 cm³/mol. The molecule has 0 saturated heterocycles. The van der Waals surface area contributed by atoms with Crippen LogP contribution in [0.3, 0.4) is 0 Å². The molecule has 0 aliphatic heterocycles. The Labute approximate surface area is 96.4 Å². The molecule has 0 aliphatic rings. The molecule has 1 rings (SSSR count). The zero-order chi connectivity index (χ0) is 12.0. The van der Waals surface area contributed by atoms with Crippen LogP contribution in [0.25, 0.3) is 0 Å². The summed E-state index contributed by atoms with van der Waals surface area (Å²) >= 11 is 1.01. The Bertz CT molecular complexity index is 287. The lowest BCUT2D eigenvalue weighted by Crippen LogP contribution is -2.24. The molecule has 0 bridgehead atoms. The molecule has 92 valence electrons. The second-order valence-corrected chi connectivity index (χ2v) is 4.05. The van der Waals surface area contributed by atoms with E-state index in [2.05, 4.69) is 14.1 Å². The Kier molecular flexibility index (Phi) is 5.14. The lowest BCUT2D eigenvalue weighted by atomic mass is 10.1. The molecule has 1 N–H and O–H groups in total. The van der Waals surface area contributed by atoms with Gasteiger partial charge in [-0.3, -0.25) is 0 Å². The van der Waals surface area contributed by atoms with Crippen molar-refractivity contribution in [2.45, 2.75) is 38.4 Å². The molecule has 16 heavy (non-hydrogen) atoms. The SMILES string of the molecule is CCCNC(CCC(F)(F)F)c1cnsn1. The summed E-state index contributed by atoms with van der Waals surface area (Å²) in [7, 11) is 0. The third-order valence-electron chi connectivity index (χ3n) is 2.09. The molecule has 0 aliphatic carbocycles. The summed E-state index contributed by atoms with van der Waals surface area (Å²) in [6.45, 7) is 2.65. The molecule has 0 aromatic carbocycles. The molecule has 0 amide bonds. The molecular formula is C9H14F3N3S. The summed E-state index contributed by atoms with van der Waals surface area (Å²) in [6, 6.07) is -0.347. The van der Waals surface area contributed by atoms with Crippen molar-refractivity contribution >= 4 is 11.7 Å². The Balaban J connectivity index is 2.51. The van der Waals surface area contributed by atoms with Crippen molar-refractivity contribution in [3.8, 4) is 0 Å². The average Bonchev–Trinajstić information content (AvgIpc) is 2.69. The second kappa shape index (κ2) is 6.15. The molecule has 0 saturated carbocycles. The van der Waals surface area contributed by atoms with Gasteiger partial charge in [0.15, 0.2) is 0 Å². The van der Waals surface area contributed by atoms with Crippen molar-refractivity contribution in [2.75, 3.05) is 6.54 Å². The van der Waals surface area contributed by atoms with E-state index in [9.17, 15) is 13.2 Å². The quantitative estimate of drug-likeness (QED) is 0.847. The summed E-state index contributed by atoms with van der Waals surface area (Å²) in [5.41, 5.74) is 0.600. The second-order valence-electron chi connectivity index (χ2n) is 3.49. The summed E-state index contributed by atoms with van der Waals surface area (Å²) in [4.78, 5) is 0. The fraction of sp³-hybridized carbons (Fsp3) is 0.778. The van der Waals surface area contributed by atoms with Crippen LogP contribution >= 0.6 is 11.7 Å². The lowest BCUT2D eigenvalue weighted by molar-refractivity contribution is -0.136. The highest BCUT2D eigenvalue weighted by molar-refractivity contribution is 6.99. The van der Waals surface area contributed by atoms with Gasteiger partial charge in [-0.15, -0.1) is 0 Å². The van der Waals surface area contributed by atoms with Gasteiger partial charge in [-0.05, 0) is 19.4 Å². The van der Waals surface area contributed by atoms with Crippen LogP contribution in [0.5, 0.6) is 0 Å². The first kappa shape index (κ1) is 13.4. The largest absolute Gasteiger partial charge is 0.389 e. The van der Waals surface area contributed by atoms with E-state index in [0.29, 0.717) is 12.2 Å². The van der Waals surface area contributed by atoms with Crippen LogP contribution in [0, 0.1) is 0 Å². The van der Waals surface area contributed by atoms with Crippen LogP contribution in [0.4, 0.5) is 13.2 Å². The van der Waals surface area contributed by atoms with E-state index < -0.39 is 12.6 Å². The predicted octanol–water partition coefficient (Wildman–Crippen LogP) is 2.92. The maximum absolute atomic E-state index is 12.1. The van der Waals surface area contributed by atoms with Gasteiger partial charge in [0.2, 0.25) is 0 Å². The van der Waals surface area contributed by atoms with E-state index in [1.807, 2.05) is 6.92 Å². The molecule has 0 fully saturated rings. The number of aromatic nitrogens is 2. The fourth-order valence-corrected chi connectivity index (χ4v) is 1.78. The van der Waals surface area contributed by atoms with Gasteiger partial charge in [0.25, 0.3) is 0 Å². The van der Waals surface area contributed by atoms with E-state index in [1.54, 1.807) is 0 Å². The van der Waals surface area contributed by atoms with E-state index in [4.69, 9.17) is 0 Å². The summed E-state index contributed by atoms with van der Waals surface area (Å²) < 4.78 is 44.1. The number of nitrogens with zero attached hydrogens (tertiary/aromatic N) is 2. The van der Waals surface area contributed by atoms with Gasteiger partial charge in [-0.2, -0.15) is 21.9 Å². The van der Waals surface area contributed by atoms with Crippen molar-refractivity contribution in [3.05, 3.63) is 11.9 Å². The van der Waals surface area contributed by atoms with Gasteiger partial charge in [-0.1, -0.05) is 6.92 Å². The zero-order valence-corrected chi connectivity index (χ0v) is 9.74. The molecule has 1 aromatic rings. The van der Waals surface area contributed by atoms with Gasteiger partial charge in [0.1, 0.15) is 0 Å². The smallest absolute Gasteiger partial charge is 0.309 e. The normalized spacial score (nSPS) is 14.0. The third kappa shape index (κ3) is 4.89. The van der Waals surface area contributed by atoms with Crippen molar-refractivity contribution in [1.29, 1.82) is 0 Å². The van der Waals surface area contributed by atoms with Crippen LogP contribution in [0.1, 0.15) is 37.9 Å². The lowest BCUT2D eigenvalue weighted by Gasteiger charge is -2.16. The molecule has 3 nitrogen and oxygen atoms in total. The van der Waals surface area contributed by atoms with Crippen molar-refractivity contribution in [1.82, 2.24) is 14.1 Å². The number of hydrogen-bond acceptors (Lipinski definition) is 4. The Hall–Kier alpha value is -0.690. The fourth-order valence-electron chi connectivity index (χ4n) is 1.31. The summed E-state index contributed by atoms with van der Waals surface area (Å²) in [6.07, 6.45) is -2.51. The Morgan fingerprint density at radius 2 is 2.25 bits per heavy atom. The van der Waals surface area contributed by atoms with Gasteiger partial charge in [0, 0.05) is 6.42 Å². The molecule has 0 spiro atoms. The van der Waals surface area contributed by atoms with Crippen LogP contribution in [0.2, 0.25) is 0 Å². The highest BCUT2D eigenvalue weighted by atomic mass is 32.1. The molecular weight excluding hydrogens is 239 g/mol. The summed E-state index contributed by atoms with van der Waals surface area (Å²) in [5, 5.41) is 3.05. The maximum Gasteiger partial charge on any atom is 0.389 e. The number of hydrogen-bond donors (Lipinski definition) is 1. The number of nitrogens with one attached hydrogen (secondary N) is 1. The zero-order valence-electron chi connectivity index (χ0n) is 8.92. The van der Waals surface area contributed by atoms with Crippen molar-refractivity contribution in [3.63, 3.8) is 0 Å². The first-order valence-electron chi connectivity index (χ1n) is 5.10. The standard InChI is InChI=1S/C9H14F3N3S/c1-2-5-13-7(3-4-9(10,11)12)8-6-14-16-15-8/h6-7,13H,2-5H2,1H3. The first-order valence-corrected chi connectivity index (χ1v) is 5.83. The topological polar surface area (TPSA) is 37.8 Å². The van der Waals surface area contributed by atoms with E-state index in [0.717, 1.165) is 18.1 Å². The Morgan fingerprint density at radius 1 is 1.50 bits per heavy atom. The Morgan fingerprint density at radius 3 is 2.75 bits per heavy atom. The number of halogens is 3. The number of rotatable bonds is 6. The van der Waals surface area contributed by atoms with E-state index in [1.165, 1.54) is 6.20 Å². The van der Waals surface area contributed by atoms with Crippen LogP contribution in [-0.2, 0) is 0 Å². The van der Waals surface area contributed by atoms with Crippen molar-refractivity contribution < 1.29 is 13.2 Å². The van der Waals surface area contributed by atoms with Crippen LogP contribution in [-0.4, -0.2) is 21.5 Å². The van der Waals surface area contributed by atoms with E-state index in [-0.39, 0.29) is 12.5 Å². The van der Waals surface area contributed by atoms with Gasteiger partial charge < -0.3 is 5.32 Å². The number of alkyl halides is 3. The van der Waals surface area contributed by atoms with Gasteiger partial charge in [-0.25, -0.2) is 0 Å². The molecule has 1 heterocycles. The van der Waals surface area contributed by atoms with E-state index >= 15 is 0 Å². The maximum atomic E-state index is 12.1. The minimum Gasteiger partial charge on any atom is -0.309 e. The molecule has 1 atom stereocenters. The minimum atomic E-state index is -4.12. The third-order valence-corrected chi connectivity index (χ3v) is 2.58. The highest BCUT2D eigenvalue weighted by Crippen LogP contribution is 2.26. The minimum absolute atomic E-state index is 0.00884. The van der Waals surface area contributed by atoms with Crippen LogP contribution in [0.15, 0.2) is 6.20 Å².